The molecule has 0 spiro atoms. The molecular weight excluding hydrogens is 286 g/mol. The topological polar surface area (TPSA) is 46.0 Å². The highest BCUT2D eigenvalue weighted by atomic mass is 15.2. The van der Waals surface area contributed by atoms with E-state index in [-0.39, 0.29) is 0 Å². The molecule has 5 nitrogen and oxygen atoms in total. The van der Waals surface area contributed by atoms with Gasteiger partial charge in [0.2, 0.25) is 0 Å². The van der Waals surface area contributed by atoms with Gasteiger partial charge in [-0.05, 0) is 64.0 Å². The molecule has 2 aliphatic heterocycles. The molecule has 23 heavy (non-hydrogen) atoms. The number of nitrogens with zero attached hydrogens (tertiary/aromatic N) is 4. The summed E-state index contributed by atoms with van der Waals surface area (Å²) in [5.74, 6) is 1.86. The van der Waals surface area contributed by atoms with Gasteiger partial charge < -0.3 is 14.8 Å². The predicted molar refractivity (Wildman–Crippen MR) is 92.8 cm³/mol. The van der Waals surface area contributed by atoms with E-state index in [0.717, 1.165) is 30.8 Å². The molecule has 5 heteroatoms. The van der Waals surface area contributed by atoms with Crippen molar-refractivity contribution in [1.29, 1.82) is 0 Å². The SMILES string of the molecule is CCN1CCC(c2nc3cccnc3n2C2CCCNC2)CC1. The zero-order chi connectivity index (χ0) is 15.6. The van der Waals surface area contributed by atoms with Crippen LogP contribution in [0.1, 0.15) is 50.4 Å². The lowest BCUT2D eigenvalue weighted by Gasteiger charge is -2.33. The molecule has 0 saturated carbocycles. The molecule has 0 aromatic carbocycles. The minimum absolute atomic E-state index is 0.503. The molecule has 4 heterocycles. The van der Waals surface area contributed by atoms with Crippen molar-refractivity contribution in [2.45, 2.75) is 44.6 Å². The second-order valence-electron chi connectivity index (χ2n) is 6.89. The third kappa shape index (κ3) is 2.88. The largest absolute Gasteiger partial charge is 0.315 e. The number of hydrogen-bond donors (Lipinski definition) is 1. The van der Waals surface area contributed by atoms with Crippen LogP contribution in [0.2, 0.25) is 0 Å². The van der Waals surface area contributed by atoms with Crippen LogP contribution in [0.15, 0.2) is 18.3 Å². The quantitative estimate of drug-likeness (QED) is 0.946. The number of pyridine rings is 1. The number of fused-ring (bicyclic) bond motifs is 1. The number of imidazole rings is 1. The van der Waals surface area contributed by atoms with Crippen molar-refractivity contribution in [2.75, 3.05) is 32.7 Å². The molecule has 0 bridgehead atoms. The molecule has 0 aliphatic carbocycles. The first-order valence-electron chi connectivity index (χ1n) is 9.12. The Morgan fingerprint density at radius 3 is 2.87 bits per heavy atom. The molecule has 0 radical (unpaired) electrons. The van der Waals surface area contributed by atoms with E-state index < -0.39 is 0 Å². The maximum atomic E-state index is 5.02. The average molecular weight is 313 g/mol. The van der Waals surface area contributed by atoms with Gasteiger partial charge >= 0.3 is 0 Å². The molecule has 2 aromatic rings. The number of likely N-dealkylation sites (tertiary alicyclic amines) is 1. The summed E-state index contributed by atoms with van der Waals surface area (Å²) in [5.41, 5.74) is 2.14. The Morgan fingerprint density at radius 2 is 2.13 bits per heavy atom. The summed E-state index contributed by atoms with van der Waals surface area (Å²) in [6, 6.07) is 4.62. The summed E-state index contributed by atoms with van der Waals surface area (Å²) in [7, 11) is 0. The Labute approximate surface area is 138 Å². The average Bonchev–Trinajstić information content (AvgIpc) is 3.02. The standard InChI is InChI=1S/C18H27N5/c1-2-22-11-7-14(8-12-22)17-21-16-6-4-10-20-18(16)23(17)15-5-3-9-19-13-15/h4,6,10,14-15,19H,2-3,5,7-9,11-13H2,1H3. The lowest BCUT2D eigenvalue weighted by atomic mass is 9.95. The highest BCUT2D eigenvalue weighted by Gasteiger charge is 2.28. The van der Waals surface area contributed by atoms with E-state index in [4.69, 9.17) is 4.98 Å². The Morgan fingerprint density at radius 1 is 1.26 bits per heavy atom. The highest BCUT2D eigenvalue weighted by molar-refractivity contribution is 5.71. The summed E-state index contributed by atoms with van der Waals surface area (Å²) < 4.78 is 2.47. The zero-order valence-corrected chi connectivity index (χ0v) is 14.0. The second kappa shape index (κ2) is 6.57. The van der Waals surface area contributed by atoms with Crippen molar-refractivity contribution < 1.29 is 0 Å². The van der Waals surface area contributed by atoms with Gasteiger partial charge in [0.1, 0.15) is 11.3 Å². The van der Waals surface area contributed by atoms with Crippen LogP contribution < -0.4 is 5.32 Å². The Hall–Kier alpha value is -1.46. The molecular formula is C18H27N5. The molecule has 2 aromatic heterocycles. The minimum Gasteiger partial charge on any atom is -0.315 e. The van der Waals surface area contributed by atoms with E-state index in [2.05, 4.69) is 32.8 Å². The fourth-order valence-electron chi connectivity index (χ4n) is 4.16. The molecule has 1 atom stereocenters. The van der Waals surface area contributed by atoms with Crippen molar-refractivity contribution >= 4 is 11.2 Å². The normalized spacial score (nSPS) is 24.3. The van der Waals surface area contributed by atoms with Crippen LogP contribution in [0.25, 0.3) is 11.2 Å². The number of nitrogens with one attached hydrogen (secondary N) is 1. The number of hydrogen-bond acceptors (Lipinski definition) is 4. The van der Waals surface area contributed by atoms with E-state index in [9.17, 15) is 0 Å². The molecule has 1 N–H and O–H groups in total. The van der Waals surface area contributed by atoms with Crippen molar-refractivity contribution in [3.63, 3.8) is 0 Å². The van der Waals surface area contributed by atoms with E-state index in [0.29, 0.717) is 12.0 Å². The third-order valence-electron chi connectivity index (χ3n) is 5.51. The lowest BCUT2D eigenvalue weighted by molar-refractivity contribution is 0.215. The molecule has 0 amide bonds. The molecule has 124 valence electrons. The van der Waals surface area contributed by atoms with E-state index >= 15 is 0 Å². The van der Waals surface area contributed by atoms with Crippen LogP contribution >= 0.6 is 0 Å². The second-order valence-corrected chi connectivity index (χ2v) is 6.89. The summed E-state index contributed by atoms with van der Waals surface area (Å²) >= 11 is 0. The van der Waals surface area contributed by atoms with Crippen molar-refractivity contribution in [3.05, 3.63) is 24.2 Å². The van der Waals surface area contributed by atoms with E-state index in [1.165, 1.54) is 44.6 Å². The van der Waals surface area contributed by atoms with Crippen molar-refractivity contribution in [2.24, 2.45) is 0 Å². The number of aromatic nitrogens is 3. The Kier molecular flexibility index (Phi) is 4.31. The number of piperidine rings is 2. The summed E-state index contributed by atoms with van der Waals surface area (Å²) in [4.78, 5) is 12.2. The fourth-order valence-corrected chi connectivity index (χ4v) is 4.16. The van der Waals surface area contributed by atoms with Gasteiger partial charge in [-0.2, -0.15) is 0 Å². The minimum atomic E-state index is 0.503. The molecule has 1 unspecified atom stereocenters. The maximum Gasteiger partial charge on any atom is 0.160 e. The highest BCUT2D eigenvalue weighted by Crippen LogP contribution is 2.33. The monoisotopic (exact) mass is 313 g/mol. The van der Waals surface area contributed by atoms with Crippen LogP contribution in [-0.4, -0.2) is 52.2 Å². The van der Waals surface area contributed by atoms with Crippen LogP contribution in [-0.2, 0) is 0 Å². The predicted octanol–water partition coefficient (Wildman–Crippen LogP) is 2.56. The van der Waals surface area contributed by atoms with Gasteiger partial charge in [-0.15, -0.1) is 0 Å². The first kappa shape index (κ1) is 15.1. The summed E-state index contributed by atoms with van der Waals surface area (Å²) in [6.45, 7) is 8.00. The zero-order valence-electron chi connectivity index (χ0n) is 14.0. The van der Waals surface area contributed by atoms with Gasteiger partial charge in [0, 0.05) is 24.7 Å². The molecule has 2 saturated heterocycles. The first-order chi connectivity index (χ1) is 11.4. The van der Waals surface area contributed by atoms with Gasteiger partial charge in [-0.1, -0.05) is 6.92 Å². The van der Waals surface area contributed by atoms with Gasteiger partial charge in [-0.25, -0.2) is 9.97 Å². The fraction of sp³-hybridized carbons (Fsp3) is 0.667. The maximum absolute atomic E-state index is 5.02. The van der Waals surface area contributed by atoms with Crippen LogP contribution in [0.5, 0.6) is 0 Å². The first-order valence-corrected chi connectivity index (χ1v) is 9.12. The third-order valence-corrected chi connectivity index (χ3v) is 5.51. The van der Waals surface area contributed by atoms with Gasteiger partial charge in [0.25, 0.3) is 0 Å². The van der Waals surface area contributed by atoms with Crippen LogP contribution in [0.4, 0.5) is 0 Å². The molecule has 2 aliphatic rings. The van der Waals surface area contributed by atoms with Gasteiger partial charge in [0.05, 0.1) is 0 Å². The van der Waals surface area contributed by atoms with Crippen LogP contribution in [0, 0.1) is 0 Å². The summed E-state index contributed by atoms with van der Waals surface area (Å²) in [6.07, 6.45) is 6.82. The van der Waals surface area contributed by atoms with Crippen molar-refractivity contribution in [1.82, 2.24) is 24.8 Å². The van der Waals surface area contributed by atoms with E-state index in [1.807, 2.05) is 12.3 Å². The van der Waals surface area contributed by atoms with E-state index in [1.54, 1.807) is 0 Å². The smallest absolute Gasteiger partial charge is 0.160 e. The lowest BCUT2D eigenvalue weighted by Crippen LogP contribution is -2.35. The number of rotatable bonds is 3. The van der Waals surface area contributed by atoms with Gasteiger partial charge in [-0.3, -0.25) is 0 Å². The molecule has 4 rings (SSSR count). The molecule has 2 fully saturated rings. The van der Waals surface area contributed by atoms with Crippen LogP contribution in [0.3, 0.4) is 0 Å². The Bertz CT molecular complexity index is 650. The summed E-state index contributed by atoms with van der Waals surface area (Å²) in [5, 5.41) is 3.55. The van der Waals surface area contributed by atoms with Gasteiger partial charge in [0.15, 0.2) is 5.65 Å². The Balaban J connectivity index is 1.70. The van der Waals surface area contributed by atoms with Crippen molar-refractivity contribution in [3.8, 4) is 0 Å².